The summed E-state index contributed by atoms with van der Waals surface area (Å²) in [5.74, 6) is 0.0287. The molecule has 0 radical (unpaired) electrons. The Bertz CT molecular complexity index is 1300. The topological polar surface area (TPSA) is 38.1 Å². The summed E-state index contributed by atoms with van der Waals surface area (Å²) in [5.41, 5.74) is 6.93. The van der Waals surface area contributed by atoms with Crippen molar-refractivity contribution in [1.29, 1.82) is 0 Å². The van der Waals surface area contributed by atoms with Gasteiger partial charge >= 0.3 is 0 Å². The molecule has 0 saturated carbocycles. The summed E-state index contributed by atoms with van der Waals surface area (Å²) in [7, 11) is 0. The molecule has 0 N–H and O–H groups in total. The van der Waals surface area contributed by atoms with Crippen LogP contribution in [0.15, 0.2) is 67.1 Å². The first-order chi connectivity index (χ1) is 15.7. The number of nitrogens with zero attached hydrogens (tertiary/aromatic N) is 3. The van der Waals surface area contributed by atoms with Crippen LogP contribution in [0.1, 0.15) is 62.1 Å². The minimum atomic E-state index is -0.156. The lowest BCUT2D eigenvalue weighted by atomic mass is 9.94. The van der Waals surface area contributed by atoms with Gasteiger partial charge in [-0.25, -0.2) is 0 Å². The van der Waals surface area contributed by atoms with E-state index < -0.39 is 0 Å². The van der Waals surface area contributed by atoms with Gasteiger partial charge in [0.25, 0.3) is 5.91 Å². The number of pyridine rings is 1. The molecular weight excluding hydrogens is 414 g/mol. The molecule has 1 atom stereocenters. The van der Waals surface area contributed by atoms with Crippen LogP contribution in [0.2, 0.25) is 0 Å². The van der Waals surface area contributed by atoms with Crippen molar-refractivity contribution in [2.75, 3.05) is 0 Å². The van der Waals surface area contributed by atoms with Crippen molar-refractivity contribution in [3.63, 3.8) is 0 Å². The van der Waals surface area contributed by atoms with E-state index in [0.717, 1.165) is 24.1 Å². The van der Waals surface area contributed by atoms with Crippen molar-refractivity contribution < 1.29 is 4.79 Å². The molecule has 6 rings (SSSR count). The van der Waals surface area contributed by atoms with Crippen LogP contribution in [0, 0.1) is 6.92 Å². The molecule has 0 fully saturated rings. The fraction of sp³-hybridized carbons (Fsp3) is 0.259. The molecule has 4 heterocycles. The van der Waals surface area contributed by atoms with E-state index in [1.165, 1.54) is 39.4 Å². The van der Waals surface area contributed by atoms with E-state index in [0.29, 0.717) is 12.1 Å². The molecule has 1 aromatic carbocycles. The smallest absolute Gasteiger partial charge is 0.256 e. The standard InChI is InChI=1S/C27H25N3OS/c1-18-7-4-8-19(15-18)25-23-11-6-14-29(23)27-22(21-10-2-3-12-24(21)32-27)17-30(25)26(31)20-9-5-13-28-16-20/h4-9,11,13-16,25H,2-3,10,12,17H2,1H3/t25-/m1/s1. The number of aryl methyl sites for hydroxylation is 2. The first-order valence-corrected chi connectivity index (χ1v) is 12.1. The second kappa shape index (κ2) is 7.75. The molecule has 1 amide bonds. The third kappa shape index (κ3) is 3.11. The van der Waals surface area contributed by atoms with Crippen molar-refractivity contribution in [2.45, 2.75) is 45.2 Å². The van der Waals surface area contributed by atoms with Crippen LogP contribution >= 0.6 is 11.3 Å². The lowest BCUT2D eigenvalue weighted by Gasteiger charge is -2.31. The van der Waals surface area contributed by atoms with E-state index in [-0.39, 0.29) is 11.9 Å². The van der Waals surface area contributed by atoms with Crippen LogP contribution in [-0.2, 0) is 19.4 Å². The minimum Gasteiger partial charge on any atom is -0.321 e. The van der Waals surface area contributed by atoms with Gasteiger partial charge in [-0.2, -0.15) is 0 Å². The first kappa shape index (κ1) is 19.5. The normalized spacial score (nSPS) is 17.3. The van der Waals surface area contributed by atoms with Crippen LogP contribution in [0.25, 0.3) is 5.00 Å². The zero-order valence-electron chi connectivity index (χ0n) is 18.1. The van der Waals surface area contributed by atoms with E-state index in [4.69, 9.17) is 0 Å². The number of carbonyl (C=O) groups excluding carboxylic acids is 1. The van der Waals surface area contributed by atoms with Gasteiger partial charge in [0.1, 0.15) is 5.00 Å². The molecule has 2 aliphatic rings. The minimum absolute atomic E-state index is 0.0287. The van der Waals surface area contributed by atoms with Crippen molar-refractivity contribution >= 4 is 17.2 Å². The van der Waals surface area contributed by atoms with Gasteiger partial charge in [0.15, 0.2) is 0 Å². The number of hydrogen-bond donors (Lipinski definition) is 0. The van der Waals surface area contributed by atoms with E-state index in [9.17, 15) is 4.79 Å². The molecule has 0 bridgehead atoms. The van der Waals surface area contributed by atoms with Crippen LogP contribution in [-0.4, -0.2) is 20.4 Å². The Balaban J connectivity index is 1.58. The Kier molecular flexibility index (Phi) is 4.72. The highest BCUT2D eigenvalue weighted by Crippen LogP contribution is 2.44. The van der Waals surface area contributed by atoms with Crippen LogP contribution in [0.3, 0.4) is 0 Å². The molecule has 4 nitrogen and oxygen atoms in total. The monoisotopic (exact) mass is 439 g/mol. The maximum absolute atomic E-state index is 13.9. The molecule has 0 saturated heterocycles. The van der Waals surface area contributed by atoms with E-state index >= 15 is 0 Å². The Morgan fingerprint density at radius 3 is 2.81 bits per heavy atom. The SMILES string of the molecule is Cc1cccc([C@@H]2c3cccn3-c3sc4c(c3CN2C(=O)c2cccnc2)CCCC4)c1. The fourth-order valence-electron chi connectivity index (χ4n) is 5.23. The van der Waals surface area contributed by atoms with Crippen LogP contribution in [0.4, 0.5) is 0 Å². The van der Waals surface area contributed by atoms with Gasteiger partial charge in [0.2, 0.25) is 0 Å². The predicted molar refractivity (Wildman–Crippen MR) is 127 cm³/mol. The second-order valence-corrected chi connectivity index (χ2v) is 9.87. The lowest BCUT2D eigenvalue weighted by Crippen LogP contribution is -2.35. The summed E-state index contributed by atoms with van der Waals surface area (Å²) in [6.07, 6.45) is 10.3. The van der Waals surface area contributed by atoms with Crippen molar-refractivity contribution in [1.82, 2.24) is 14.5 Å². The van der Waals surface area contributed by atoms with Gasteiger partial charge < -0.3 is 9.47 Å². The van der Waals surface area contributed by atoms with Crippen molar-refractivity contribution in [3.8, 4) is 5.00 Å². The van der Waals surface area contributed by atoms with Gasteiger partial charge in [-0.15, -0.1) is 11.3 Å². The second-order valence-electron chi connectivity index (χ2n) is 8.79. The van der Waals surface area contributed by atoms with Crippen LogP contribution in [0.5, 0.6) is 0 Å². The number of benzene rings is 1. The molecule has 1 aliphatic carbocycles. The van der Waals surface area contributed by atoms with E-state index in [1.54, 1.807) is 12.4 Å². The predicted octanol–water partition coefficient (Wildman–Crippen LogP) is 5.87. The Morgan fingerprint density at radius 1 is 1.06 bits per heavy atom. The number of thiophene rings is 1. The number of rotatable bonds is 2. The van der Waals surface area contributed by atoms with Gasteiger partial charge in [-0.05, 0) is 68.0 Å². The van der Waals surface area contributed by atoms with Crippen molar-refractivity contribution in [2.24, 2.45) is 0 Å². The van der Waals surface area contributed by atoms with Crippen LogP contribution < -0.4 is 0 Å². The summed E-state index contributed by atoms with van der Waals surface area (Å²) in [4.78, 5) is 21.7. The maximum atomic E-state index is 13.9. The molecule has 32 heavy (non-hydrogen) atoms. The number of carbonyl (C=O) groups is 1. The zero-order chi connectivity index (χ0) is 21.7. The van der Waals surface area contributed by atoms with Gasteiger partial charge in [-0.3, -0.25) is 9.78 Å². The number of aromatic nitrogens is 2. The summed E-state index contributed by atoms with van der Waals surface area (Å²) in [6.45, 7) is 2.73. The number of hydrogen-bond acceptors (Lipinski definition) is 3. The average molecular weight is 440 g/mol. The summed E-state index contributed by atoms with van der Waals surface area (Å²) in [5, 5.41) is 1.29. The highest BCUT2D eigenvalue weighted by molar-refractivity contribution is 7.15. The molecule has 0 spiro atoms. The molecule has 4 aromatic rings. The molecule has 3 aromatic heterocycles. The molecule has 1 aliphatic heterocycles. The van der Waals surface area contributed by atoms with Gasteiger partial charge in [0.05, 0.1) is 23.8 Å². The highest BCUT2D eigenvalue weighted by Gasteiger charge is 2.36. The van der Waals surface area contributed by atoms with E-state index in [2.05, 4.69) is 64.0 Å². The lowest BCUT2D eigenvalue weighted by molar-refractivity contribution is 0.0690. The average Bonchev–Trinajstić information content (AvgIpc) is 3.41. The molecular formula is C27H25N3OS. The Hall–Kier alpha value is -3.18. The first-order valence-electron chi connectivity index (χ1n) is 11.3. The summed E-state index contributed by atoms with van der Waals surface area (Å²) < 4.78 is 2.34. The summed E-state index contributed by atoms with van der Waals surface area (Å²) >= 11 is 1.92. The number of amides is 1. The van der Waals surface area contributed by atoms with E-state index in [1.807, 2.05) is 23.5 Å². The van der Waals surface area contributed by atoms with Gasteiger partial charge in [0, 0.05) is 29.0 Å². The quantitative estimate of drug-likeness (QED) is 0.392. The third-order valence-corrected chi connectivity index (χ3v) is 8.04. The largest absolute Gasteiger partial charge is 0.321 e. The highest BCUT2D eigenvalue weighted by atomic mass is 32.1. The fourth-order valence-corrected chi connectivity index (χ4v) is 6.64. The van der Waals surface area contributed by atoms with Crippen molar-refractivity contribution in [3.05, 3.63) is 106 Å². The maximum Gasteiger partial charge on any atom is 0.256 e. The zero-order valence-corrected chi connectivity index (χ0v) is 18.9. The Morgan fingerprint density at radius 2 is 1.97 bits per heavy atom. The summed E-state index contributed by atoms with van der Waals surface area (Å²) in [6, 6.07) is 16.4. The Labute approximate surface area is 192 Å². The van der Waals surface area contributed by atoms with Gasteiger partial charge in [-0.1, -0.05) is 29.8 Å². The third-order valence-electron chi connectivity index (χ3n) is 6.71. The molecule has 0 unspecified atom stereocenters. The molecule has 5 heteroatoms. The molecule has 160 valence electrons. The number of fused-ring (bicyclic) bond motifs is 5.